The van der Waals surface area contributed by atoms with Crippen LogP contribution in [0.1, 0.15) is 36.0 Å². The summed E-state index contributed by atoms with van der Waals surface area (Å²) in [5, 5.41) is 4.82. The maximum atomic E-state index is 6.38. The first kappa shape index (κ1) is 20.7. The molecule has 5 rings (SSSR count). The van der Waals surface area contributed by atoms with Crippen molar-refractivity contribution in [3.63, 3.8) is 0 Å². The Balaban J connectivity index is 1.57. The number of aromatic nitrogens is 1. The minimum atomic E-state index is -0.175. The van der Waals surface area contributed by atoms with Crippen LogP contribution in [0.5, 0.6) is 0 Å². The van der Waals surface area contributed by atoms with E-state index in [9.17, 15) is 0 Å². The first-order valence-electron chi connectivity index (χ1n) is 10.6. The van der Waals surface area contributed by atoms with E-state index < -0.39 is 0 Å². The molecule has 1 aliphatic rings. The number of halogens is 1. The van der Waals surface area contributed by atoms with E-state index in [0.717, 1.165) is 34.9 Å². The van der Waals surface area contributed by atoms with Crippen LogP contribution in [-0.4, -0.2) is 10.1 Å². The molecule has 0 radical (unpaired) electrons. The standard InChI is InChI=1S/C26H22ClN3OS/c1-2-17-6-12-20(13-7-17)30-25(24(29-26(30)32)21-5-3-4-16-28-21)23-15-14-22(31-23)18-8-10-19(27)11-9-18/h3-16,24-25H,2H2,1H3,(H,29,32)/t24-,25+/m0/s1. The van der Waals surface area contributed by atoms with Crippen molar-refractivity contribution in [2.75, 3.05) is 4.90 Å². The maximum Gasteiger partial charge on any atom is 0.174 e. The van der Waals surface area contributed by atoms with E-state index in [4.69, 9.17) is 28.2 Å². The Morgan fingerprint density at radius 1 is 1.00 bits per heavy atom. The lowest BCUT2D eigenvalue weighted by Gasteiger charge is -2.26. The molecule has 1 fully saturated rings. The normalized spacial score (nSPS) is 18.1. The molecule has 0 bridgehead atoms. The lowest BCUT2D eigenvalue weighted by atomic mass is 10.0. The number of nitrogens with zero attached hydrogens (tertiary/aromatic N) is 2. The van der Waals surface area contributed by atoms with Crippen molar-refractivity contribution >= 4 is 34.6 Å². The number of rotatable bonds is 5. The molecule has 0 amide bonds. The molecule has 160 valence electrons. The first-order chi connectivity index (χ1) is 15.6. The minimum absolute atomic E-state index is 0.140. The Morgan fingerprint density at radius 3 is 2.47 bits per heavy atom. The average Bonchev–Trinajstić information content (AvgIpc) is 3.45. The summed E-state index contributed by atoms with van der Waals surface area (Å²) in [6, 6.07) is 25.8. The fourth-order valence-electron chi connectivity index (χ4n) is 4.10. The Morgan fingerprint density at radius 2 is 1.78 bits per heavy atom. The van der Waals surface area contributed by atoms with Crippen LogP contribution in [0.3, 0.4) is 0 Å². The largest absolute Gasteiger partial charge is 0.459 e. The van der Waals surface area contributed by atoms with Gasteiger partial charge in [-0.3, -0.25) is 4.98 Å². The number of thiocarbonyl (C=S) groups is 1. The zero-order valence-corrected chi connectivity index (χ0v) is 19.1. The third-order valence-electron chi connectivity index (χ3n) is 5.77. The molecule has 0 aliphatic carbocycles. The summed E-state index contributed by atoms with van der Waals surface area (Å²) in [5.41, 5.74) is 4.19. The van der Waals surface area contributed by atoms with E-state index in [-0.39, 0.29) is 12.1 Å². The summed E-state index contributed by atoms with van der Waals surface area (Å²) in [7, 11) is 0. The topological polar surface area (TPSA) is 41.3 Å². The molecule has 1 saturated heterocycles. The van der Waals surface area contributed by atoms with Gasteiger partial charge in [-0.1, -0.05) is 36.7 Å². The maximum absolute atomic E-state index is 6.38. The summed E-state index contributed by atoms with van der Waals surface area (Å²) in [5.74, 6) is 1.60. The second kappa shape index (κ2) is 8.77. The van der Waals surface area contributed by atoms with Crippen molar-refractivity contribution in [3.05, 3.63) is 107 Å². The van der Waals surface area contributed by atoms with Gasteiger partial charge in [0.2, 0.25) is 0 Å². The molecule has 0 saturated carbocycles. The van der Waals surface area contributed by atoms with E-state index in [0.29, 0.717) is 10.1 Å². The Kier molecular flexibility index (Phi) is 5.68. The van der Waals surface area contributed by atoms with Crippen molar-refractivity contribution in [2.24, 2.45) is 0 Å². The number of aryl methyl sites for hydroxylation is 1. The van der Waals surface area contributed by atoms with Crippen LogP contribution in [0, 0.1) is 0 Å². The molecule has 4 aromatic rings. The summed E-state index contributed by atoms with van der Waals surface area (Å²) < 4.78 is 6.38. The van der Waals surface area contributed by atoms with Crippen LogP contribution < -0.4 is 10.2 Å². The highest BCUT2D eigenvalue weighted by Crippen LogP contribution is 2.43. The van der Waals surface area contributed by atoms with Gasteiger partial charge >= 0.3 is 0 Å². The van der Waals surface area contributed by atoms with Crippen LogP contribution in [0.15, 0.2) is 89.5 Å². The van der Waals surface area contributed by atoms with Crippen molar-refractivity contribution < 1.29 is 4.42 Å². The van der Waals surface area contributed by atoms with Crippen LogP contribution in [-0.2, 0) is 6.42 Å². The second-order valence-electron chi connectivity index (χ2n) is 7.73. The lowest BCUT2D eigenvalue weighted by Crippen LogP contribution is -2.29. The Labute approximate surface area is 197 Å². The molecule has 1 aliphatic heterocycles. The highest BCUT2D eigenvalue weighted by atomic mass is 35.5. The molecule has 6 heteroatoms. The van der Waals surface area contributed by atoms with Crippen molar-refractivity contribution in [3.8, 4) is 11.3 Å². The van der Waals surface area contributed by atoms with Crippen LogP contribution in [0.4, 0.5) is 5.69 Å². The van der Waals surface area contributed by atoms with E-state index in [1.54, 1.807) is 6.20 Å². The van der Waals surface area contributed by atoms with Crippen molar-refractivity contribution in [1.82, 2.24) is 10.3 Å². The molecule has 0 unspecified atom stereocenters. The van der Waals surface area contributed by atoms with Gasteiger partial charge in [0.1, 0.15) is 17.6 Å². The second-order valence-corrected chi connectivity index (χ2v) is 8.55. The number of furan rings is 1. The van der Waals surface area contributed by atoms with Crippen LogP contribution in [0.2, 0.25) is 5.02 Å². The van der Waals surface area contributed by atoms with Gasteiger partial charge in [-0.2, -0.15) is 0 Å². The Bertz CT molecular complexity index is 1220. The summed E-state index contributed by atoms with van der Waals surface area (Å²) in [4.78, 5) is 6.72. The van der Waals surface area contributed by atoms with Gasteiger partial charge in [-0.25, -0.2) is 0 Å². The van der Waals surface area contributed by atoms with E-state index in [1.807, 2.05) is 54.6 Å². The van der Waals surface area contributed by atoms with Crippen LogP contribution >= 0.6 is 23.8 Å². The number of hydrogen-bond donors (Lipinski definition) is 1. The third-order valence-corrected chi connectivity index (χ3v) is 6.33. The van der Waals surface area contributed by atoms with Gasteiger partial charge < -0.3 is 14.6 Å². The number of nitrogens with one attached hydrogen (secondary N) is 1. The quantitative estimate of drug-likeness (QED) is 0.335. The summed E-state index contributed by atoms with van der Waals surface area (Å²) in [6.45, 7) is 2.15. The van der Waals surface area contributed by atoms with Gasteiger partial charge in [0.25, 0.3) is 0 Å². The Hall–Kier alpha value is -3.15. The predicted molar refractivity (Wildman–Crippen MR) is 133 cm³/mol. The van der Waals surface area contributed by atoms with Gasteiger partial charge in [0.05, 0.1) is 11.7 Å². The highest BCUT2D eigenvalue weighted by molar-refractivity contribution is 7.80. The number of hydrogen-bond acceptors (Lipinski definition) is 3. The monoisotopic (exact) mass is 459 g/mol. The van der Waals surface area contributed by atoms with Gasteiger partial charge in [-0.05, 0) is 84.9 Å². The van der Waals surface area contributed by atoms with E-state index in [1.165, 1.54) is 5.56 Å². The summed E-state index contributed by atoms with van der Waals surface area (Å²) >= 11 is 11.8. The van der Waals surface area contributed by atoms with E-state index >= 15 is 0 Å². The smallest absolute Gasteiger partial charge is 0.174 e. The molecular formula is C26H22ClN3OS. The molecule has 1 N–H and O–H groups in total. The zero-order valence-electron chi connectivity index (χ0n) is 17.5. The third kappa shape index (κ3) is 3.90. The highest BCUT2D eigenvalue weighted by Gasteiger charge is 2.42. The number of anilines is 1. The average molecular weight is 460 g/mol. The molecule has 3 heterocycles. The molecule has 32 heavy (non-hydrogen) atoms. The minimum Gasteiger partial charge on any atom is -0.459 e. The molecule has 2 aromatic heterocycles. The van der Waals surface area contributed by atoms with Crippen LogP contribution in [0.25, 0.3) is 11.3 Å². The molecular weight excluding hydrogens is 438 g/mol. The van der Waals surface area contributed by atoms with E-state index in [2.05, 4.69) is 46.4 Å². The van der Waals surface area contributed by atoms with Gasteiger partial charge in [0, 0.05) is 22.5 Å². The van der Waals surface area contributed by atoms with Crippen molar-refractivity contribution in [1.29, 1.82) is 0 Å². The first-order valence-corrected chi connectivity index (χ1v) is 11.4. The molecule has 2 aromatic carbocycles. The fraction of sp³-hybridized carbons (Fsp3) is 0.154. The van der Waals surface area contributed by atoms with Gasteiger partial charge in [-0.15, -0.1) is 0 Å². The molecule has 4 nitrogen and oxygen atoms in total. The van der Waals surface area contributed by atoms with Gasteiger partial charge in [0.15, 0.2) is 5.11 Å². The van der Waals surface area contributed by atoms with Crippen molar-refractivity contribution in [2.45, 2.75) is 25.4 Å². The number of pyridine rings is 1. The summed E-state index contributed by atoms with van der Waals surface area (Å²) in [6.07, 6.45) is 2.79. The predicted octanol–water partition coefficient (Wildman–Crippen LogP) is 6.73. The zero-order chi connectivity index (χ0) is 22.1. The lowest BCUT2D eigenvalue weighted by molar-refractivity contribution is 0.439. The molecule has 2 atom stereocenters. The SMILES string of the molecule is CCc1ccc(N2C(=S)N[C@@H](c3ccccn3)[C@H]2c2ccc(-c3ccc(Cl)cc3)o2)cc1. The number of benzene rings is 2. The fourth-order valence-corrected chi connectivity index (χ4v) is 4.57. The molecule has 0 spiro atoms.